The van der Waals surface area contributed by atoms with Crippen molar-refractivity contribution < 1.29 is 28.7 Å². The zero-order valence-electron chi connectivity index (χ0n) is 17.8. The third-order valence-electron chi connectivity index (χ3n) is 5.93. The fourth-order valence-electron chi connectivity index (χ4n) is 4.21. The summed E-state index contributed by atoms with van der Waals surface area (Å²) in [6.45, 7) is 3.53. The van der Waals surface area contributed by atoms with Crippen molar-refractivity contribution in [1.82, 2.24) is 9.80 Å². The third-order valence-corrected chi connectivity index (χ3v) is 5.93. The summed E-state index contributed by atoms with van der Waals surface area (Å²) < 4.78 is 15.9. The van der Waals surface area contributed by atoms with Crippen LogP contribution in [0.15, 0.2) is 36.4 Å². The summed E-state index contributed by atoms with van der Waals surface area (Å²) in [6, 6.07) is 9.96. The molecule has 0 bridgehead atoms. The number of hydrogen-bond donors (Lipinski definition) is 0. The number of nitrogens with zero attached hydrogens (tertiary/aromatic N) is 4. The minimum atomic E-state index is -0.554. The molecule has 3 heterocycles. The molecule has 0 aromatic heterocycles. The fraction of sp³-hybridized carbons (Fsp3) is 0.364. The number of rotatable bonds is 5. The first kappa shape index (κ1) is 21.0. The fourth-order valence-corrected chi connectivity index (χ4v) is 4.21. The molecular formula is C22H22N4O7. The molecule has 33 heavy (non-hydrogen) atoms. The van der Waals surface area contributed by atoms with Crippen LogP contribution in [0.2, 0.25) is 0 Å². The van der Waals surface area contributed by atoms with Crippen molar-refractivity contribution >= 4 is 23.3 Å². The molecule has 5 rings (SSSR count). The summed E-state index contributed by atoms with van der Waals surface area (Å²) in [4.78, 5) is 41.0. The minimum Gasteiger partial charge on any atom is -0.454 e. The van der Waals surface area contributed by atoms with E-state index < -0.39 is 10.9 Å². The van der Waals surface area contributed by atoms with Gasteiger partial charge in [0.25, 0.3) is 5.69 Å². The lowest BCUT2D eigenvalue weighted by Crippen LogP contribution is -2.52. The predicted molar refractivity (Wildman–Crippen MR) is 115 cm³/mol. The Kier molecular flexibility index (Phi) is 5.47. The molecule has 3 aliphatic heterocycles. The highest BCUT2D eigenvalue weighted by Crippen LogP contribution is 2.35. The van der Waals surface area contributed by atoms with Crippen LogP contribution in [-0.4, -0.2) is 72.7 Å². The maximum Gasteiger partial charge on any atom is 0.331 e. The highest BCUT2D eigenvalue weighted by Gasteiger charge is 2.30. The molecular weight excluding hydrogens is 432 g/mol. The van der Waals surface area contributed by atoms with Gasteiger partial charge in [0, 0.05) is 38.8 Å². The Morgan fingerprint density at radius 1 is 1.00 bits per heavy atom. The van der Waals surface area contributed by atoms with Gasteiger partial charge in [0.1, 0.15) is 6.54 Å². The van der Waals surface area contributed by atoms with Crippen molar-refractivity contribution in [3.63, 3.8) is 0 Å². The first-order valence-corrected chi connectivity index (χ1v) is 10.6. The van der Waals surface area contributed by atoms with E-state index in [0.717, 1.165) is 36.7 Å². The average Bonchev–Trinajstić information content (AvgIpc) is 3.27. The number of benzene rings is 2. The van der Waals surface area contributed by atoms with E-state index in [2.05, 4.69) is 4.90 Å². The van der Waals surface area contributed by atoms with E-state index in [1.165, 1.54) is 18.2 Å². The van der Waals surface area contributed by atoms with Crippen LogP contribution in [-0.2, 0) is 16.1 Å². The smallest absolute Gasteiger partial charge is 0.331 e. The van der Waals surface area contributed by atoms with Crippen LogP contribution >= 0.6 is 0 Å². The van der Waals surface area contributed by atoms with Crippen molar-refractivity contribution in [3.8, 4) is 17.2 Å². The number of fused-ring (bicyclic) bond motifs is 2. The molecule has 11 heteroatoms. The molecule has 2 aromatic rings. The van der Waals surface area contributed by atoms with Gasteiger partial charge in [-0.2, -0.15) is 0 Å². The number of hydrogen-bond acceptors (Lipinski definition) is 9. The normalized spacial score (nSPS) is 17.5. The van der Waals surface area contributed by atoms with E-state index in [9.17, 15) is 19.7 Å². The number of anilines is 1. The van der Waals surface area contributed by atoms with Gasteiger partial charge < -0.3 is 24.0 Å². The molecule has 0 N–H and O–H groups in total. The SMILES string of the molecule is O=C1CN(CC(=O)N2CCN(Cc3ccc4c(c3)OCO4)CC2)c2ccc([N+](=O)[O-])cc2O1. The minimum absolute atomic E-state index is 0.00206. The quantitative estimate of drug-likeness (QED) is 0.286. The lowest BCUT2D eigenvalue weighted by atomic mass is 10.1. The Balaban J connectivity index is 1.18. The number of non-ortho nitro benzene ring substituents is 1. The Morgan fingerprint density at radius 3 is 2.58 bits per heavy atom. The zero-order chi connectivity index (χ0) is 22.9. The lowest BCUT2D eigenvalue weighted by molar-refractivity contribution is -0.384. The molecule has 1 fully saturated rings. The highest BCUT2D eigenvalue weighted by molar-refractivity contribution is 5.89. The topological polar surface area (TPSA) is 115 Å². The molecule has 11 nitrogen and oxygen atoms in total. The Hall–Kier alpha value is -3.86. The monoisotopic (exact) mass is 454 g/mol. The van der Waals surface area contributed by atoms with Crippen LogP contribution in [0.25, 0.3) is 0 Å². The number of carbonyl (C=O) groups excluding carboxylic acids is 2. The molecule has 1 saturated heterocycles. The second-order valence-corrected chi connectivity index (χ2v) is 8.08. The standard InChI is InChI=1S/C22H22N4O7/c27-21(12-25-13-22(28)33-19-10-16(26(29)30)2-3-17(19)25)24-7-5-23(6-8-24)11-15-1-4-18-20(9-15)32-14-31-18/h1-4,9-10H,5-8,11-14H2. The molecule has 3 aliphatic rings. The van der Waals surface area contributed by atoms with E-state index >= 15 is 0 Å². The van der Waals surface area contributed by atoms with Crippen molar-refractivity contribution in [2.45, 2.75) is 6.54 Å². The Bertz CT molecular complexity index is 1110. The van der Waals surface area contributed by atoms with Gasteiger partial charge in [0.05, 0.1) is 23.2 Å². The van der Waals surface area contributed by atoms with E-state index in [4.69, 9.17) is 14.2 Å². The van der Waals surface area contributed by atoms with E-state index in [-0.39, 0.29) is 37.2 Å². The summed E-state index contributed by atoms with van der Waals surface area (Å²) in [5.41, 5.74) is 1.44. The van der Waals surface area contributed by atoms with E-state index in [1.54, 1.807) is 9.80 Å². The van der Waals surface area contributed by atoms with Crippen molar-refractivity contribution in [1.29, 1.82) is 0 Å². The number of esters is 1. The molecule has 2 aromatic carbocycles. The second kappa shape index (κ2) is 8.58. The summed E-state index contributed by atoms with van der Waals surface area (Å²) >= 11 is 0. The second-order valence-electron chi connectivity index (χ2n) is 8.08. The van der Waals surface area contributed by atoms with Crippen LogP contribution in [0, 0.1) is 10.1 Å². The Labute approximate surface area is 189 Å². The number of amides is 1. The number of nitro benzene ring substituents is 1. The molecule has 0 radical (unpaired) electrons. The van der Waals surface area contributed by atoms with Gasteiger partial charge in [0.15, 0.2) is 17.2 Å². The number of ether oxygens (including phenoxy) is 3. The summed E-state index contributed by atoms with van der Waals surface area (Å²) in [6.07, 6.45) is 0. The Morgan fingerprint density at radius 2 is 1.79 bits per heavy atom. The van der Waals surface area contributed by atoms with Crippen LogP contribution < -0.4 is 19.1 Å². The molecule has 1 amide bonds. The summed E-state index contributed by atoms with van der Waals surface area (Å²) in [7, 11) is 0. The van der Waals surface area contributed by atoms with Gasteiger partial charge in [-0.25, -0.2) is 4.79 Å². The molecule has 0 atom stereocenters. The highest BCUT2D eigenvalue weighted by atomic mass is 16.7. The van der Waals surface area contributed by atoms with Crippen LogP contribution in [0.5, 0.6) is 17.2 Å². The maximum absolute atomic E-state index is 12.9. The van der Waals surface area contributed by atoms with Crippen LogP contribution in [0.4, 0.5) is 11.4 Å². The van der Waals surface area contributed by atoms with E-state index in [1.807, 2.05) is 18.2 Å². The van der Waals surface area contributed by atoms with Crippen LogP contribution in [0.3, 0.4) is 0 Å². The predicted octanol–water partition coefficient (Wildman–Crippen LogP) is 1.39. The first-order chi connectivity index (χ1) is 16.0. The molecule has 0 unspecified atom stereocenters. The van der Waals surface area contributed by atoms with E-state index in [0.29, 0.717) is 18.8 Å². The maximum atomic E-state index is 12.9. The number of carbonyl (C=O) groups is 2. The van der Waals surface area contributed by atoms with Crippen molar-refractivity contribution in [2.75, 3.05) is 51.0 Å². The zero-order valence-corrected chi connectivity index (χ0v) is 17.8. The number of nitro groups is 1. The third kappa shape index (κ3) is 4.40. The molecule has 0 spiro atoms. The van der Waals surface area contributed by atoms with Gasteiger partial charge in [0.2, 0.25) is 12.7 Å². The van der Waals surface area contributed by atoms with Gasteiger partial charge >= 0.3 is 5.97 Å². The first-order valence-electron chi connectivity index (χ1n) is 10.6. The van der Waals surface area contributed by atoms with Gasteiger partial charge in [-0.3, -0.25) is 19.8 Å². The number of piperazine rings is 1. The molecule has 0 aliphatic carbocycles. The summed E-state index contributed by atoms with van der Waals surface area (Å²) in [5, 5.41) is 11.0. The van der Waals surface area contributed by atoms with Gasteiger partial charge in [-0.15, -0.1) is 0 Å². The van der Waals surface area contributed by atoms with Gasteiger partial charge in [-0.1, -0.05) is 6.07 Å². The van der Waals surface area contributed by atoms with Crippen molar-refractivity contribution in [3.05, 3.63) is 52.1 Å². The largest absolute Gasteiger partial charge is 0.454 e. The molecule has 0 saturated carbocycles. The van der Waals surface area contributed by atoms with Crippen LogP contribution in [0.1, 0.15) is 5.56 Å². The van der Waals surface area contributed by atoms with Crippen molar-refractivity contribution in [2.24, 2.45) is 0 Å². The molecule has 172 valence electrons. The average molecular weight is 454 g/mol. The summed E-state index contributed by atoms with van der Waals surface area (Å²) in [5.74, 6) is 0.960. The van der Waals surface area contributed by atoms with Gasteiger partial charge in [-0.05, 0) is 23.8 Å². The lowest BCUT2D eigenvalue weighted by Gasteiger charge is -2.36.